The predicted molar refractivity (Wildman–Crippen MR) is 129 cm³/mol. The number of hydrogen-bond donors (Lipinski definition) is 2. The molecule has 0 amide bonds. The number of nitrogens with one attached hydrogen (secondary N) is 1. The van der Waals surface area contributed by atoms with Crippen LogP contribution in [0.2, 0.25) is 0 Å². The van der Waals surface area contributed by atoms with E-state index in [1.54, 1.807) is 31.4 Å². The van der Waals surface area contributed by atoms with Crippen LogP contribution < -0.4 is 5.32 Å². The van der Waals surface area contributed by atoms with Crippen LogP contribution in [0.5, 0.6) is 5.75 Å². The van der Waals surface area contributed by atoms with Gasteiger partial charge in [0.05, 0.1) is 17.3 Å². The zero-order chi connectivity index (χ0) is 23.5. The first kappa shape index (κ1) is 24.0. The van der Waals surface area contributed by atoms with Gasteiger partial charge in [0, 0.05) is 29.9 Å². The summed E-state index contributed by atoms with van der Waals surface area (Å²) in [6.45, 7) is 8.75. The Bertz CT molecular complexity index is 1350. The van der Waals surface area contributed by atoms with E-state index in [0.29, 0.717) is 33.5 Å². The molecule has 3 aromatic heterocycles. The summed E-state index contributed by atoms with van der Waals surface area (Å²) in [6, 6.07) is 6.81. The van der Waals surface area contributed by atoms with Crippen molar-refractivity contribution < 1.29 is 9.50 Å². The lowest BCUT2D eigenvalue weighted by Gasteiger charge is -2.46. The SMILES string of the molecule is Cl.Cn1cc(-c2ccc(-c3cc4nnn(C5CC(C)(C)NC(C)(C)C5)c4nn3)c(O)c2)c(F)n1. The van der Waals surface area contributed by atoms with Gasteiger partial charge in [0.2, 0.25) is 11.6 Å². The average Bonchev–Trinajstić information content (AvgIpc) is 3.27. The number of nitrogens with zero attached hydrogens (tertiary/aromatic N) is 7. The Morgan fingerprint density at radius 2 is 1.74 bits per heavy atom. The summed E-state index contributed by atoms with van der Waals surface area (Å²) < 4.78 is 17.3. The molecule has 0 bridgehead atoms. The molecule has 0 radical (unpaired) electrons. The van der Waals surface area contributed by atoms with Gasteiger partial charge in [-0.05, 0) is 64.3 Å². The largest absolute Gasteiger partial charge is 0.507 e. The van der Waals surface area contributed by atoms with E-state index in [4.69, 9.17) is 0 Å². The Kier molecular flexibility index (Phi) is 5.85. The maximum atomic E-state index is 14.0. The van der Waals surface area contributed by atoms with Gasteiger partial charge in [0.1, 0.15) is 11.3 Å². The van der Waals surface area contributed by atoms with E-state index in [0.717, 1.165) is 12.8 Å². The van der Waals surface area contributed by atoms with Gasteiger partial charge < -0.3 is 10.4 Å². The zero-order valence-corrected chi connectivity index (χ0v) is 20.6. The minimum absolute atomic E-state index is 0. The lowest BCUT2D eigenvalue weighted by atomic mass is 9.80. The number of halogens is 2. The summed E-state index contributed by atoms with van der Waals surface area (Å²) in [5.41, 5.74) is 2.93. The van der Waals surface area contributed by atoms with Crippen molar-refractivity contribution >= 4 is 23.6 Å². The van der Waals surface area contributed by atoms with Gasteiger partial charge in [-0.15, -0.1) is 32.8 Å². The van der Waals surface area contributed by atoms with Gasteiger partial charge >= 0.3 is 0 Å². The molecule has 9 nitrogen and oxygen atoms in total. The van der Waals surface area contributed by atoms with Crippen molar-refractivity contribution in [2.45, 2.75) is 57.7 Å². The highest BCUT2D eigenvalue weighted by Crippen LogP contribution is 2.37. The molecule has 5 rings (SSSR count). The molecule has 1 aromatic carbocycles. The van der Waals surface area contributed by atoms with Crippen LogP contribution in [0.3, 0.4) is 0 Å². The number of aromatic hydroxyl groups is 1. The van der Waals surface area contributed by atoms with Crippen molar-refractivity contribution in [2.75, 3.05) is 0 Å². The number of aryl methyl sites for hydroxylation is 1. The molecule has 1 aliphatic rings. The third-order valence-corrected chi connectivity index (χ3v) is 6.10. The Morgan fingerprint density at radius 3 is 2.35 bits per heavy atom. The van der Waals surface area contributed by atoms with Crippen molar-refractivity contribution in [3.8, 4) is 28.1 Å². The fraction of sp³-hybridized carbons (Fsp3) is 0.435. The Morgan fingerprint density at radius 1 is 1.03 bits per heavy atom. The molecule has 0 unspecified atom stereocenters. The standard InChI is InChI=1S/C23H27FN8O.ClH/c1-22(2)10-14(11-23(3,4)29-22)32-21-18(26-30-32)9-17(25-27-21)15-7-6-13(8-19(15)33)16-12-31(5)28-20(16)24;/h6-9,12,14,29,33H,10-11H2,1-5H3;1H. The molecule has 180 valence electrons. The molecule has 4 heterocycles. The number of hydrogen-bond acceptors (Lipinski definition) is 7. The predicted octanol–water partition coefficient (Wildman–Crippen LogP) is 4.04. The van der Waals surface area contributed by atoms with Crippen molar-refractivity contribution in [3.05, 3.63) is 36.4 Å². The van der Waals surface area contributed by atoms with Crippen LogP contribution in [0, 0.1) is 5.95 Å². The van der Waals surface area contributed by atoms with Gasteiger partial charge in [0.15, 0.2) is 0 Å². The lowest BCUT2D eigenvalue weighted by Crippen LogP contribution is -2.58. The number of rotatable bonds is 3. The van der Waals surface area contributed by atoms with Crippen molar-refractivity contribution in [3.63, 3.8) is 0 Å². The van der Waals surface area contributed by atoms with Crippen LogP contribution >= 0.6 is 12.4 Å². The number of phenols is 1. The fourth-order valence-corrected chi connectivity index (χ4v) is 5.14. The number of phenolic OH excluding ortho intramolecular Hbond substituents is 1. The highest BCUT2D eigenvalue weighted by Gasteiger charge is 2.39. The third-order valence-electron chi connectivity index (χ3n) is 6.10. The summed E-state index contributed by atoms with van der Waals surface area (Å²) in [5.74, 6) is -0.620. The lowest BCUT2D eigenvalue weighted by molar-refractivity contribution is 0.127. The second-order valence-electron chi connectivity index (χ2n) is 10.2. The van der Waals surface area contributed by atoms with E-state index in [9.17, 15) is 9.50 Å². The summed E-state index contributed by atoms with van der Waals surface area (Å²) >= 11 is 0. The molecule has 0 saturated carbocycles. The van der Waals surface area contributed by atoms with Gasteiger partial charge in [-0.3, -0.25) is 4.68 Å². The highest BCUT2D eigenvalue weighted by molar-refractivity contribution is 5.85. The van der Waals surface area contributed by atoms with Gasteiger partial charge in [-0.25, -0.2) is 4.68 Å². The first-order valence-corrected chi connectivity index (χ1v) is 10.9. The van der Waals surface area contributed by atoms with Crippen molar-refractivity contribution in [1.29, 1.82) is 0 Å². The van der Waals surface area contributed by atoms with E-state index in [1.165, 1.54) is 10.7 Å². The van der Waals surface area contributed by atoms with Crippen LogP contribution in [-0.2, 0) is 7.05 Å². The highest BCUT2D eigenvalue weighted by atomic mass is 35.5. The second kappa shape index (κ2) is 8.28. The average molecular weight is 487 g/mol. The minimum atomic E-state index is -0.591. The Hall–Kier alpha value is -3.11. The number of piperidine rings is 1. The van der Waals surface area contributed by atoms with Crippen LogP contribution in [0.1, 0.15) is 46.6 Å². The maximum absolute atomic E-state index is 14.0. The zero-order valence-electron chi connectivity index (χ0n) is 19.7. The topological polar surface area (TPSA) is 107 Å². The molecule has 1 aliphatic heterocycles. The molecule has 1 saturated heterocycles. The first-order valence-electron chi connectivity index (χ1n) is 10.9. The van der Waals surface area contributed by atoms with Crippen molar-refractivity contribution in [2.24, 2.45) is 7.05 Å². The number of benzene rings is 1. The normalized spacial score (nSPS) is 17.6. The van der Waals surface area contributed by atoms with Gasteiger partial charge in [-0.1, -0.05) is 11.3 Å². The molecular formula is C23H28ClFN8O. The molecule has 2 N–H and O–H groups in total. The third kappa shape index (κ3) is 4.35. The van der Waals surface area contributed by atoms with Gasteiger partial charge in [-0.2, -0.15) is 4.39 Å². The molecule has 1 fully saturated rings. The molecule has 0 spiro atoms. The quantitative estimate of drug-likeness (QED) is 0.450. The van der Waals surface area contributed by atoms with Crippen LogP contribution in [-0.4, -0.2) is 51.2 Å². The monoisotopic (exact) mass is 486 g/mol. The Balaban J connectivity index is 0.00000274. The summed E-state index contributed by atoms with van der Waals surface area (Å²) in [5, 5.41) is 35.5. The fourth-order valence-electron chi connectivity index (χ4n) is 5.14. The molecule has 34 heavy (non-hydrogen) atoms. The summed E-state index contributed by atoms with van der Waals surface area (Å²) in [7, 11) is 1.64. The molecular weight excluding hydrogens is 459 g/mol. The smallest absolute Gasteiger partial charge is 0.240 e. The molecule has 4 aromatic rings. The van der Waals surface area contributed by atoms with E-state index >= 15 is 0 Å². The van der Waals surface area contributed by atoms with Crippen LogP contribution in [0.15, 0.2) is 30.5 Å². The molecule has 0 atom stereocenters. The number of aromatic nitrogens is 7. The molecule has 0 aliphatic carbocycles. The van der Waals surface area contributed by atoms with E-state index in [1.807, 2.05) is 4.68 Å². The van der Waals surface area contributed by atoms with E-state index in [-0.39, 0.29) is 35.3 Å². The summed E-state index contributed by atoms with van der Waals surface area (Å²) in [6.07, 6.45) is 3.36. The maximum Gasteiger partial charge on any atom is 0.240 e. The summed E-state index contributed by atoms with van der Waals surface area (Å²) in [4.78, 5) is 0. The van der Waals surface area contributed by atoms with E-state index < -0.39 is 5.95 Å². The van der Waals surface area contributed by atoms with Crippen LogP contribution in [0.4, 0.5) is 4.39 Å². The van der Waals surface area contributed by atoms with Crippen molar-refractivity contribution in [1.82, 2.24) is 40.3 Å². The van der Waals surface area contributed by atoms with E-state index in [2.05, 4.69) is 58.6 Å². The first-order chi connectivity index (χ1) is 15.5. The second-order valence-corrected chi connectivity index (χ2v) is 10.2. The number of fused-ring (bicyclic) bond motifs is 1. The van der Waals surface area contributed by atoms with Gasteiger partial charge in [0.25, 0.3) is 0 Å². The molecule has 11 heteroatoms. The van der Waals surface area contributed by atoms with Crippen LogP contribution in [0.25, 0.3) is 33.5 Å². The minimum Gasteiger partial charge on any atom is -0.507 e. The Labute approximate surface area is 202 Å².